The van der Waals surface area contributed by atoms with Gasteiger partial charge in [0.15, 0.2) is 23.1 Å². The number of carbonyl (C=O) groups is 3. The lowest BCUT2D eigenvalue weighted by Gasteiger charge is -2.35. The summed E-state index contributed by atoms with van der Waals surface area (Å²) in [6, 6.07) is 20.2. The summed E-state index contributed by atoms with van der Waals surface area (Å²) >= 11 is 0. The van der Waals surface area contributed by atoms with Crippen molar-refractivity contribution < 1.29 is 23.9 Å². The van der Waals surface area contributed by atoms with Crippen molar-refractivity contribution in [3.8, 4) is 11.5 Å². The number of benzene rings is 3. The summed E-state index contributed by atoms with van der Waals surface area (Å²) in [5, 5.41) is 3.58. The van der Waals surface area contributed by atoms with E-state index in [2.05, 4.69) is 12.2 Å². The largest absolute Gasteiger partial charge is 0.493 e. The number of amides is 1. The molecule has 0 spiro atoms. The minimum atomic E-state index is -0.620. The highest BCUT2D eigenvalue weighted by atomic mass is 16.5. The van der Waals surface area contributed by atoms with E-state index in [0.717, 1.165) is 47.5 Å². The lowest BCUT2D eigenvalue weighted by molar-refractivity contribution is -0.119. The van der Waals surface area contributed by atoms with Crippen LogP contribution in [-0.4, -0.2) is 31.7 Å². The number of unbranched alkanes of at least 4 members (excludes halogenated alkanes) is 2. The molecule has 42 heavy (non-hydrogen) atoms. The maximum atomic E-state index is 14.2. The Kier molecular flexibility index (Phi) is 8.76. The van der Waals surface area contributed by atoms with Crippen molar-refractivity contribution in [3.63, 3.8) is 0 Å². The van der Waals surface area contributed by atoms with E-state index in [9.17, 15) is 14.4 Å². The first-order valence-corrected chi connectivity index (χ1v) is 14.6. The smallest absolute Gasteiger partial charge is 0.227 e. The Morgan fingerprint density at radius 1 is 0.905 bits per heavy atom. The highest BCUT2D eigenvalue weighted by Crippen LogP contribution is 2.48. The number of methoxy groups -OCH3 is 2. The van der Waals surface area contributed by atoms with E-state index in [4.69, 9.17) is 9.47 Å². The van der Waals surface area contributed by atoms with Crippen molar-refractivity contribution in [2.75, 3.05) is 24.4 Å². The number of hydrogen-bond acceptors (Lipinski definition) is 6. The first-order valence-electron chi connectivity index (χ1n) is 14.6. The Morgan fingerprint density at radius 3 is 2.31 bits per heavy atom. The second-order valence-electron chi connectivity index (χ2n) is 11.0. The molecular weight excluding hydrogens is 528 g/mol. The lowest BCUT2D eigenvalue weighted by Crippen LogP contribution is -2.38. The summed E-state index contributed by atoms with van der Waals surface area (Å²) < 4.78 is 11.0. The number of anilines is 2. The minimum Gasteiger partial charge on any atom is -0.493 e. The summed E-state index contributed by atoms with van der Waals surface area (Å²) in [7, 11) is 3.20. The van der Waals surface area contributed by atoms with Gasteiger partial charge in [0.25, 0.3) is 0 Å². The van der Waals surface area contributed by atoms with E-state index in [0.29, 0.717) is 41.9 Å². The number of hydrogen-bond donors (Lipinski definition) is 1. The van der Waals surface area contributed by atoms with Crippen LogP contribution >= 0.6 is 0 Å². The second kappa shape index (κ2) is 12.6. The molecule has 1 amide bonds. The van der Waals surface area contributed by atoms with Gasteiger partial charge in [-0.15, -0.1) is 0 Å². The molecule has 3 aromatic carbocycles. The molecule has 1 heterocycles. The van der Waals surface area contributed by atoms with Crippen molar-refractivity contribution in [3.05, 3.63) is 94.7 Å². The van der Waals surface area contributed by atoms with E-state index < -0.39 is 6.04 Å². The molecule has 0 bridgehead atoms. The predicted molar refractivity (Wildman–Crippen MR) is 164 cm³/mol. The zero-order chi connectivity index (χ0) is 29.8. The topological polar surface area (TPSA) is 84.9 Å². The Morgan fingerprint density at radius 2 is 1.62 bits per heavy atom. The fraction of sp³-hybridized carbons (Fsp3) is 0.343. The normalized spacial score (nSPS) is 18.0. The molecule has 0 saturated carbocycles. The highest BCUT2D eigenvalue weighted by Gasteiger charge is 2.41. The SMILES string of the molecule is CCCCCC(=O)N1c2ccccc2NC2=C(C(=O)C[C@@H](c3ccc(OC)c(OC)c3)C2)[C@H]1c1ccc(C(C)=O)cc1. The number of para-hydroxylation sites is 2. The van der Waals surface area contributed by atoms with Gasteiger partial charge in [0.2, 0.25) is 5.91 Å². The van der Waals surface area contributed by atoms with Crippen molar-refractivity contribution in [1.82, 2.24) is 0 Å². The van der Waals surface area contributed by atoms with Crippen LogP contribution in [0, 0.1) is 0 Å². The Labute approximate surface area is 247 Å². The van der Waals surface area contributed by atoms with E-state index in [-0.39, 0.29) is 23.4 Å². The summed E-state index contributed by atoms with van der Waals surface area (Å²) in [5.41, 5.74) is 5.31. The van der Waals surface area contributed by atoms with Crippen LogP contribution in [-0.2, 0) is 9.59 Å². The van der Waals surface area contributed by atoms with Gasteiger partial charge in [-0.3, -0.25) is 19.3 Å². The van der Waals surface area contributed by atoms with Crippen LogP contribution in [0.5, 0.6) is 11.5 Å². The zero-order valence-electron chi connectivity index (χ0n) is 24.7. The second-order valence-corrected chi connectivity index (χ2v) is 11.0. The maximum Gasteiger partial charge on any atom is 0.227 e. The first-order chi connectivity index (χ1) is 20.4. The van der Waals surface area contributed by atoms with Crippen molar-refractivity contribution >= 4 is 28.8 Å². The number of ether oxygens (including phenoxy) is 2. The standard InChI is InChI=1S/C35H38N2O5/c1-5-6-7-12-33(40)37-29-11-9-8-10-27(29)36-28-19-26(25-17-18-31(41-3)32(21-25)42-4)20-30(39)34(28)35(37)24-15-13-23(14-16-24)22(2)38/h8-11,13-18,21,26,35-36H,5-7,12,19-20H2,1-4H3/t26-,35+/m0/s1. The fourth-order valence-corrected chi connectivity index (χ4v) is 6.07. The van der Waals surface area contributed by atoms with Crippen LogP contribution in [0.25, 0.3) is 0 Å². The van der Waals surface area contributed by atoms with Crippen molar-refractivity contribution in [2.45, 2.75) is 64.3 Å². The van der Waals surface area contributed by atoms with Gasteiger partial charge in [-0.2, -0.15) is 0 Å². The summed E-state index contributed by atoms with van der Waals surface area (Å²) in [5.74, 6) is 1.10. The van der Waals surface area contributed by atoms with Gasteiger partial charge in [0.1, 0.15) is 0 Å². The number of Topliss-reactive ketones (excluding diaryl/α,β-unsaturated/α-hetero) is 2. The molecular formula is C35H38N2O5. The van der Waals surface area contributed by atoms with Gasteiger partial charge in [-0.1, -0.05) is 62.2 Å². The number of carbonyl (C=O) groups excluding carboxylic acids is 3. The average molecular weight is 567 g/mol. The molecule has 7 nitrogen and oxygen atoms in total. The number of nitrogens with one attached hydrogen (secondary N) is 1. The molecule has 0 unspecified atom stereocenters. The van der Waals surface area contributed by atoms with Gasteiger partial charge in [-0.05, 0) is 61.1 Å². The van der Waals surface area contributed by atoms with E-state index in [1.54, 1.807) is 31.3 Å². The predicted octanol–water partition coefficient (Wildman–Crippen LogP) is 7.39. The van der Waals surface area contributed by atoms with Crippen molar-refractivity contribution in [1.29, 1.82) is 0 Å². The summed E-state index contributed by atoms with van der Waals surface area (Å²) in [4.78, 5) is 42.1. The summed E-state index contributed by atoms with van der Waals surface area (Å²) in [6.45, 7) is 3.64. The summed E-state index contributed by atoms with van der Waals surface area (Å²) in [6.07, 6.45) is 4.01. The molecule has 1 N–H and O–H groups in total. The molecule has 0 aromatic heterocycles. The van der Waals surface area contributed by atoms with Crippen molar-refractivity contribution in [2.24, 2.45) is 0 Å². The van der Waals surface area contributed by atoms with Crippen LogP contribution in [0.3, 0.4) is 0 Å². The molecule has 5 rings (SSSR count). The molecule has 218 valence electrons. The first kappa shape index (κ1) is 29.1. The lowest BCUT2D eigenvalue weighted by atomic mass is 9.78. The molecule has 1 aliphatic heterocycles. The molecule has 1 aliphatic carbocycles. The number of allylic oxidation sites excluding steroid dienone is 1. The van der Waals surface area contributed by atoms with Gasteiger partial charge in [0, 0.05) is 29.7 Å². The van der Waals surface area contributed by atoms with Crippen LogP contribution in [0.4, 0.5) is 11.4 Å². The highest BCUT2D eigenvalue weighted by molar-refractivity contribution is 6.06. The van der Waals surface area contributed by atoms with Crippen LogP contribution in [0.1, 0.15) is 85.8 Å². The van der Waals surface area contributed by atoms with E-state index in [1.165, 1.54) is 6.92 Å². The molecule has 0 saturated heterocycles. The molecule has 0 radical (unpaired) electrons. The van der Waals surface area contributed by atoms with Gasteiger partial charge in [-0.25, -0.2) is 0 Å². The average Bonchev–Trinajstić information content (AvgIpc) is 3.15. The molecule has 2 aliphatic rings. The maximum absolute atomic E-state index is 14.2. The Bertz CT molecular complexity index is 1520. The van der Waals surface area contributed by atoms with Gasteiger partial charge >= 0.3 is 0 Å². The molecule has 3 aromatic rings. The molecule has 7 heteroatoms. The number of ketones is 2. The third-order valence-corrected chi connectivity index (χ3v) is 8.26. The Balaban J connectivity index is 1.65. The third kappa shape index (κ3) is 5.69. The monoisotopic (exact) mass is 566 g/mol. The minimum absolute atomic E-state index is 0.0108. The zero-order valence-corrected chi connectivity index (χ0v) is 24.7. The Hall–Kier alpha value is -4.39. The third-order valence-electron chi connectivity index (χ3n) is 8.26. The fourth-order valence-electron chi connectivity index (χ4n) is 6.07. The van der Waals surface area contributed by atoms with Crippen LogP contribution in [0.2, 0.25) is 0 Å². The number of rotatable bonds is 9. The number of fused-ring (bicyclic) bond motifs is 1. The quantitative estimate of drug-likeness (QED) is 0.215. The van der Waals surface area contributed by atoms with E-state index in [1.807, 2.05) is 54.6 Å². The van der Waals surface area contributed by atoms with Crippen LogP contribution in [0.15, 0.2) is 78.0 Å². The van der Waals surface area contributed by atoms with Crippen LogP contribution < -0.4 is 19.7 Å². The number of nitrogens with zero attached hydrogens (tertiary/aromatic N) is 1. The molecule has 0 fully saturated rings. The van der Waals surface area contributed by atoms with Gasteiger partial charge < -0.3 is 14.8 Å². The van der Waals surface area contributed by atoms with E-state index >= 15 is 0 Å². The molecule has 2 atom stereocenters. The van der Waals surface area contributed by atoms with Gasteiger partial charge in [0.05, 0.1) is 31.6 Å².